The van der Waals surface area contributed by atoms with E-state index in [1.807, 2.05) is 55.5 Å². The van der Waals surface area contributed by atoms with E-state index in [-0.39, 0.29) is 6.73 Å². The molecule has 0 spiro atoms. The molecule has 4 aromatic rings. The molecule has 0 saturated carbocycles. The van der Waals surface area contributed by atoms with Crippen LogP contribution in [0.5, 0.6) is 0 Å². The Morgan fingerprint density at radius 3 is 2.61 bits per heavy atom. The predicted octanol–water partition coefficient (Wildman–Crippen LogP) is 4.70. The van der Waals surface area contributed by atoms with Gasteiger partial charge in [-0.15, -0.1) is 5.10 Å². The summed E-state index contributed by atoms with van der Waals surface area (Å²) < 4.78 is 7.29. The van der Waals surface area contributed by atoms with E-state index in [1.54, 1.807) is 10.9 Å². The van der Waals surface area contributed by atoms with Gasteiger partial charge in [-0.1, -0.05) is 59.3 Å². The van der Waals surface area contributed by atoms with Gasteiger partial charge in [0.2, 0.25) is 5.95 Å². The van der Waals surface area contributed by atoms with Gasteiger partial charge in [0.05, 0.1) is 5.69 Å². The monoisotopic (exact) mass is 434 g/mol. The molecule has 7 nitrogen and oxygen atoms in total. The lowest BCUT2D eigenvalue weighted by Gasteiger charge is -2.10. The first-order valence-electron chi connectivity index (χ1n) is 10.1. The number of benzene rings is 2. The molecule has 0 bridgehead atoms. The maximum absolute atomic E-state index is 6.05. The minimum Gasteiger partial charge on any atom is -0.359 e. The smallest absolute Gasteiger partial charge is 0.223 e. The Balaban J connectivity index is 1.60. The zero-order valence-corrected chi connectivity index (χ0v) is 18.0. The molecule has 2 aromatic carbocycles. The summed E-state index contributed by atoms with van der Waals surface area (Å²) in [6.45, 7) is 3.53. The highest BCUT2D eigenvalue weighted by atomic mass is 35.5. The number of halogens is 1. The van der Waals surface area contributed by atoms with Crippen molar-refractivity contribution in [1.29, 1.82) is 0 Å². The van der Waals surface area contributed by atoms with Crippen molar-refractivity contribution in [2.24, 2.45) is 0 Å². The quantitative estimate of drug-likeness (QED) is 0.411. The second-order valence-corrected chi connectivity index (χ2v) is 7.28. The SMILES string of the molecule is CCOCn1nnc(-c2ccc(Cl)cc2)c1-c1ccnc(NCCc2ccccc2)n1. The molecule has 0 unspecified atom stereocenters. The third-order valence-electron chi connectivity index (χ3n) is 4.71. The molecule has 0 radical (unpaired) electrons. The van der Waals surface area contributed by atoms with Crippen molar-refractivity contribution < 1.29 is 4.74 Å². The molecule has 1 N–H and O–H groups in total. The Labute approximate surface area is 186 Å². The lowest BCUT2D eigenvalue weighted by Crippen LogP contribution is -2.10. The van der Waals surface area contributed by atoms with Crippen molar-refractivity contribution in [3.63, 3.8) is 0 Å². The van der Waals surface area contributed by atoms with Gasteiger partial charge in [-0.25, -0.2) is 14.6 Å². The largest absolute Gasteiger partial charge is 0.359 e. The molecule has 0 amide bonds. The number of nitrogens with one attached hydrogen (secondary N) is 1. The van der Waals surface area contributed by atoms with Gasteiger partial charge in [-0.2, -0.15) is 0 Å². The molecule has 2 heterocycles. The zero-order valence-electron chi connectivity index (χ0n) is 17.2. The molecule has 0 fully saturated rings. The fourth-order valence-corrected chi connectivity index (χ4v) is 3.30. The second-order valence-electron chi connectivity index (χ2n) is 6.84. The number of hydrogen-bond donors (Lipinski definition) is 1. The average molecular weight is 435 g/mol. The summed E-state index contributed by atoms with van der Waals surface area (Å²) in [6.07, 6.45) is 2.62. The second kappa shape index (κ2) is 10.1. The number of ether oxygens (including phenoxy) is 1. The molecule has 0 atom stereocenters. The van der Waals surface area contributed by atoms with Crippen LogP contribution < -0.4 is 5.32 Å². The van der Waals surface area contributed by atoms with Crippen LogP contribution in [0.3, 0.4) is 0 Å². The normalized spacial score (nSPS) is 10.9. The van der Waals surface area contributed by atoms with Crippen LogP contribution in [-0.4, -0.2) is 38.1 Å². The van der Waals surface area contributed by atoms with Crippen LogP contribution in [0.25, 0.3) is 22.6 Å². The lowest BCUT2D eigenvalue weighted by molar-refractivity contribution is 0.0790. The van der Waals surface area contributed by atoms with Gasteiger partial charge in [0.15, 0.2) is 0 Å². The Morgan fingerprint density at radius 2 is 1.84 bits per heavy atom. The Bertz CT molecular complexity index is 1110. The van der Waals surface area contributed by atoms with E-state index in [9.17, 15) is 0 Å². The van der Waals surface area contributed by atoms with Crippen LogP contribution >= 0.6 is 11.6 Å². The Hall–Kier alpha value is -3.29. The molecule has 0 saturated heterocycles. The van der Waals surface area contributed by atoms with Crippen molar-refractivity contribution in [3.8, 4) is 22.6 Å². The van der Waals surface area contributed by atoms with Crippen molar-refractivity contribution in [3.05, 3.63) is 77.4 Å². The minimum absolute atomic E-state index is 0.285. The first kappa shape index (κ1) is 21.0. The molecule has 4 rings (SSSR count). The van der Waals surface area contributed by atoms with Crippen molar-refractivity contribution >= 4 is 17.5 Å². The Morgan fingerprint density at radius 1 is 1.03 bits per heavy atom. The van der Waals surface area contributed by atoms with Gasteiger partial charge in [0.25, 0.3) is 0 Å². The maximum Gasteiger partial charge on any atom is 0.223 e. The molecule has 0 aliphatic rings. The van der Waals surface area contributed by atoms with Crippen LogP contribution in [0, 0.1) is 0 Å². The highest BCUT2D eigenvalue weighted by Crippen LogP contribution is 2.30. The maximum atomic E-state index is 6.05. The fourth-order valence-electron chi connectivity index (χ4n) is 3.18. The van der Waals surface area contributed by atoms with Crippen LogP contribution in [0.15, 0.2) is 66.9 Å². The summed E-state index contributed by atoms with van der Waals surface area (Å²) in [6, 6.07) is 19.7. The summed E-state index contributed by atoms with van der Waals surface area (Å²) in [7, 11) is 0. The van der Waals surface area contributed by atoms with E-state index in [4.69, 9.17) is 21.3 Å². The van der Waals surface area contributed by atoms with Crippen molar-refractivity contribution in [2.45, 2.75) is 20.1 Å². The van der Waals surface area contributed by atoms with Crippen LogP contribution in [0.1, 0.15) is 12.5 Å². The number of rotatable bonds is 9. The van der Waals surface area contributed by atoms with Crippen LogP contribution in [0.4, 0.5) is 5.95 Å². The molecule has 8 heteroatoms. The number of hydrogen-bond acceptors (Lipinski definition) is 6. The van der Waals surface area contributed by atoms with Crippen LogP contribution in [0.2, 0.25) is 5.02 Å². The first-order valence-corrected chi connectivity index (χ1v) is 10.5. The van der Waals surface area contributed by atoms with Crippen LogP contribution in [-0.2, 0) is 17.9 Å². The molecule has 31 heavy (non-hydrogen) atoms. The topological polar surface area (TPSA) is 77.8 Å². The summed E-state index contributed by atoms with van der Waals surface area (Å²) in [5.41, 5.74) is 4.36. The molecule has 0 aliphatic carbocycles. The molecular weight excluding hydrogens is 412 g/mol. The standard InChI is InChI=1S/C23H23ClN6O/c1-2-31-16-30-22(21(28-29-30)18-8-10-19(24)11-9-18)20-13-15-26-23(27-20)25-14-12-17-6-4-3-5-7-17/h3-11,13,15H,2,12,14,16H2,1H3,(H,25,26,27). The molecule has 158 valence electrons. The third kappa shape index (κ3) is 5.25. The van der Waals surface area contributed by atoms with E-state index in [0.29, 0.717) is 29.0 Å². The summed E-state index contributed by atoms with van der Waals surface area (Å²) >= 11 is 6.05. The van der Waals surface area contributed by atoms with Gasteiger partial charge in [0.1, 0.15) is 18.1 Å². The third-order valence-corrected chi connectivity index (χ3v) is 4.96. The van der Waals surface area contributed by atoms with E-state index >= 15 is 0 Å². The van der Waals surface area contributed by atoms with Gasteiger partial charge >= 0.3 is 0 Å². The van der Waals surface area contributed by atoms with E-state index in [1.165, 1.54) is 5.56 Å². The molecule has 2 aromatic heterocycles. The van der Waals surface area contributed by atoms with E-state index in [2.05, 4.69) is 32.7 Å². The predicted molar refractivity (Wildman–Crippen MR) is 122 cm³/mol. The summed E-state index contributed by atoms with van der Waals surface area (Å²) in [4.78, 5) is 9.08. The average Bonchev–Trinajstić information content (AvgIpc) is 3.23. The summed E-state index contributed by atoms with van der Waals surface area (Å²) in [5, 5.41) is 12.6. The highest BCUT2D eigenvalue weighted by Gasteiger charge is 2.18. The first-order chi connectivity index (χ1) is 15.2. The highest BCUT2D eigenvalue weighted by molar-refractivity contribution is 6.30. The summed E-state index contributed by atoms with van der Waals surface area (Å²) in [5.74, 6) is 0.555. The number of aromatic nitrogens is 5. The van der Waals surface area contributed by atoms with Gasteiger partial charge in [-0.05, 0) is 37.1 Å². The number of anilines is 1. The number of nitrogens with zero attached hydrogens (tertiary/aromatic N) is 5. The van der Waals surface area contributed by atoms with Gasteiger partial charge < -0.3 is 10.1 Å². The zero-order chi connectivity index (χ0) is 21.5. The van der Waals surface area contributed by atoms with E-state index < -0.39 is 0 Å². The van der Waals surface area contributed by atoms with Gasteiger partial charge in [0, 0.05) is 29.9 Å². The van der Waals surface area contributed by atoms with E-state index in [0.717, 1.165) is 24.2 Å². The molecule has 0 aliphatic heterocycles. The van der Waals surface area contributed by atoms with Crippen molar-refractivity contribution in [1.82, 2.24) is 25.0 Å². The lowest BCUT2D eigenvalue weighted by atomic mass is 10.1. The van der Waals surface area contributed by atoms with Gasteiger partial charge in [-0.3, -0.25) is 0 Å². The van der Waals surface area contributed by atoms with Crippen molar-refractivity contribution in [2.75, 3.05) is 18.5 Å². The molecular formula is C23H23ClN6O. The Kier molecular flexibility index (Phi) is 6.86. The fraction of sp³-hybridized carbons (Fsp3) is 0.217. The minimum atomic E-state index is 0.285.